The molecule has 1 aromatic carbocycles. The Morgan fingerprint density at radius 1 is 1.28 bits per heavy atom. The van der Waals surface area contributed by atoms with E-state index in [4.69, 9.17) is 4.74 Å². The Bertz CT molecular complexity index is 397. The number of aliphatic hydroxyl groups is 1. The lowest BCUT2D eigenvalue weighted by Gasteiger charge is -2.35. The molecule has 0 spiro atoms. The summed E-state index contributed by atoms with van der Waals surface area (Å²) in [5.41, 5.74) is 1.38. The van der Waals surface area contributed by atoms with Gasteiger partial charge in [-0.1, -0.05) is 25.3 Å². The lowest BCUT2D eigenvalue weighted by molar-refractivity contribution is 0.0823. The smallest absolute Gasteiger partial charge is 0.133 e. The Labute approximate surface area is 117 Å². The summed E-state index contributed by atoms with van der Waals surface area (Å²) in [4.78, 5) is 0. The standard InChI is InChI=1S/C15H21BrO2/c1-18-14-6-5-12(9-13(14)16)10-15(11-17)7-3-2-4-8-15/h5-6,9,17H,2-4,7-8,10-11H2,1H3. The second-order valence-electron chi connectivity index (χ2n) is 5.36. The molecule has 100 valence electrons. The molecule has 1 aromatic rings. The van der Waals surface area contributed by atoms with Crippen molar-refractivity contribution in [2.45, 2.75) is 38.5 Å². The van der Waals surface area contributed by atoms with E-state index in [0.29, 0.717) is 6.61 Å². The van der Waals surface area contributed by atoms with Crippen molar-refractivity contribution in [3.8, 4) is 5.75 Å². The summed E-state index contributed by atoms with van der Waals surface area (Å²) in [5, 5.41) is 9.74. The molecule has 1 N–H and O–H groups in total. The second kappa shape index (κ2) is 6.07. The third kappa shape index (κ3) is 3.07. The van der Waals surface area contributed by atoms with Gasteiger partial charge in [-0.25, -0.2) is 0 Å². The van der Waals surface area contributed by atoms with Crippen molar-refractivity contribution in [3.05, 3.63) is 28.2 Å². The van der Waals surface area contributed by atoms with Crippen LogP contribution >= 0.6 is 15.9 Å². The van der Waals surface area contributed by atoms with Crippen molar-refractivity contribution in [1.82, 2.24) is 0 Å². The van der Waals surface area contributed by atoms with Gasteiger partial charge >= 0.3 is 0 Å². The highest BCUT2D eigenvalue weighted by Gasteiger charge is 2.31. The SMILES string of the molecule is COc1ccc(CC2(CO)CCCCC2)cc1Br. The van der Waals surface area contributed by atoms with Crippen molar-refractivity contribution in [2.24, 2.45) is 5.41 Å². The lowest BCUT2D eigenvalue weighted by Crippen LogP contribution is -2.30. The lowest BCUT2D eigenvalue weighted by atomic mass is 9.71. The van der Waals surface area contributed by atoms with Crippen LogP contribution in [0.5, 0.6) is 5.75 Å². The van der Waals surface area contributed by atoms with E-state index in [1.165, 1.54) is 24.8 Å². The van der Waals surface area contributed by atoms with E-state index < -0.39 is 0 Å². The molecule has 2 rings (SSSR count). The molecule has 0 saturated heterocycles. The molecule has 2 nitrogen and oxygen atoms in total. The summed E-state index contributed by atoms with van der Waals surface area (Å²) in [6, 6.07) is 6.22. The molecule has 1 aliphatic rings. The van der Waals surface area contributed by atoms with Gasteiger partial charge in [0, 0.05) is 6.61 Å². The van der Waals surface area contributed by atoms with Crippen LogP contribution in [0.1, 0.15) is 37.7 Å². The number of benzene rings is 1. The number of ether oxygens (including phenoxy) is 1. The Balaban J connectivity index is 2.14. The molecule has 0 radical (unpaired) electrons. The van der Waals surface area contributed by atoms with Crippen molar-refractivity contribution in [3.63, 3.8) is 0 Å². The van der Waals surface area contributed by atoms with Gasteiger partial charge in [0.05, 0.1) is 11.6 Å². The van der Waals surface area contributed by atoms with Gasteiger partial charge in [0.2, 0.25) is 0 Å². The number of aliphatic hydroxyl groups excluding tert-OH is 1. The highest BCUT2D eigenvalue weighted by molar-refractivity contribution is 9.10. The van der Waals surface area contributed by atoms with Gasteiger partial charge in [0.25, 0.3) is 0 Å². The van der Waals surface area contributed by atoms with Crippen LogP contribution in [0.4, 0.5) is 0 Å². The number of hydrogen-bond acceptors (Lipinski definition) is 2. The monoisotopic (exact) mass is 312 g/mol. The van der Waals surface area contributed by atoms with E-state index in [9.17, 15) is 5.11 Å². The molecule has 1 aliphatic carbocycles. The molecule has 3 heteroatoms. The van der Waals surface area contributed by atoms with Crippen LogP contribution < -0.4 is 4.74 Å². The molecule has 0 aliphatic heterocycles. The first-order valence-electron chi connectivity index (χ1n) is 6.62. The number of methoxy groups -OCH3 is 1. The molecule has 0 bridgehead atoms. The molecular formula is C15H21BrO2. The number of hydrogen-bond donors (Lipinski definition) is 1. The number of halogens is 1. The summed E-state index contributed by atoms with van der Waals surface area (Å²) in [6.07, 6.45) is 7.07. The molecule has 0 amide bonds. The third-order valence-corrected chi connectivity index (χ3v) is 4.66. The van der Waals surface area contributed by atoms with E-state index in [2.05, 4.69) is 28.1 Å². The van der Waals surface area contributed by atoms with Gasteiger partial charge in [-0.2, -0.15) is 0 Å². The fraction of sp³-hybridized carbons (Fsp3) is 0.600. The predicted octanol–water partition coefficient (Wildman–Crippen LogP) is 3.94. The normalized spacial score (nSPS) is 18.6. The zero-order valence-corrected chi connectivity index (χ0v) is 12.5. The molecule has 0 atom stereocenters. The van der Waals surface area contributed by atoms with E-state index in [0.717, 1.165) is 29.5 Å². The maximum atomic E-state index is 9.74. The molecule has 0 aromatic heterocycles. The third-order valence-electron chi connectivity index (χ3n) is 4.04. The maximum Gasteiger partial charge on any atom is 0.133 e. The van der Waals surface area contributed by atoms with E-state index in [1.54, 1.807) is 7.11 Å². The molecule has 0 unspecified atom stereocenters. The van der Waals surface area contributed by atoms with Crippen LogP contribution in [0.25, 0.3) is 0 Å². The quantitative estimate of drug-likeness (QED) is 0.912. The largest absolute Gasteiger partial charge is 0.496 e. The molecular weight excluding hydrogens is 292 g/mol. The highest BCUT2D eigenvalue weighted by Crippen LogP contribution is 2.39. The van der Waals surface area contributed by atoms with Crippen molar-refractivity contribution in [2.75, 3.05) is 13.7 Å². The predicted molar refractivity (Wildman–Crippen MR) is 77.0 cm³/mol. The maximum absolute atomic E-state index is 9.74. The minimum atomic E-state index is 0.103. The van der Waals surface area contributed by atoms with E-state index >= 15 is 0 Å². The van der Waals surface area contributed by atoms with Crippen molar-refractivity contribution in [1.29, 1.82) is 0 Å². The van der Waals surface area contributed by atoms with Crippen LogP contribution in [0, 0.1) is 5.41 Å². The zero-order valence-electron chi connectivity index (χ0n) is 10.9. The summed E-state index contributed by atoms with van der Waals surface area (Å²) in [5.74, 6) is 0.862. The van der Waals surface area contributed by atoms with E-state index in [1.807, 2.05) is 6.07 Å². The summed E-state index contributed by atoms with van der Waals surface area (Å²) < 4.78 is 6.24. The van der Waals surface area contributed by atoms with Gasteiger partial charge < -0.3 is 9.84 Å². The highest BCUT2D eigenvalue weighted by atomic mass is 79.9. The fourth-order valence-corrected chi connectivity index (χ4v) is 3.53. The summed E-state index contributed by atoms with van der Waals surface area (Å²) in [7, 11) is 1.68. The second-order valence-corrected chi connectivity index (χ2v) is 6.22. The fourth-order valence-electron chi connectivity index (χ4n) is 2.95. The zero-order chi connectivity index (χ0) is 13.0. The minimum absolute atomic E-state index is 0.103. The molecule has 1 fully saturated rings. The van der Waals surface area contributed by atoms with Crippen LogP contribution in [0.2, 0.25) is 0 Å². The van der Waals surface area contributed by atoms with E-state index in [-0.39, 0.29) is 5.41 Å². The van der Waals surface area contributed by atoms with Crippen LogP contribution in [-0.2, 0) is 6.42 Å². The van der Waals surface area contributed by atoms with Gasteiger partial charge in [-0.3, -0.25) is 0 Å². The van der Waals surface area contributed by atoms with Crippen molar-refractivity contribution < 1.29 is 9.84 Å². The van der Waals surface area contributed by atoms with Gasteiger partial charge in [-0.15, -0.1) is 0 Å². The Hall–Kier alpha value is -0.540. The van der Waals surface area contributed by atoms with Gasteiger partial charge in [0.15, 0.2) is 0 Å². The summed E-state index contributed by atoms with van der Waals surface area (Å²) in [6.45, 7) is 0.302. The van der Waals surface area contributed by atoms with Crippen molar-refractivity contribution >= 4 is 15.9 Å². The van der Waals surface area contributed by atoms with Crippen LogP contribution in [0.15, 0.2) is 22.7 Å². The molecule has 18 heavy (non-hydrogen) atoms. The Morgan fingerprint density at radius 3 is 2.56 bits per heavy atom. The number of rotatable bonds is 4. The molecule has 1 saturated carbocycles. The minimum Gasteiger partial charge on any atom is -0.496 e. The summed E-state index contributed by atoms with van der Waals surface area (Å²) >= 11 is 3.52. The Morgan fingerprint density at radius 2 is 2.00 bits per heavy atom. The molecule has 0 heterocycles. The topological polar surface area (TPSA) is 29.5 Å². The Kier molecular flexibility index (Phi) is 4.68. The van der Waals surface area contributed by atoms with Gasteiger partial charge in [-0.05, 0) is 58.3 Å². The van der Waals surface area contributed by atoms with Crippen LogP contribution in [-0.4, -0.2) is 18.8 Å². The van der Waals surface area contributed by atoms with Crippen LogP contribution in [0.3, 0.4) is 0 Å². The average molecular weight is 313 g/mol. The van der Waals surface area contributed by atoms with Gasteiger partial charge in [0.1, 0.15) is 5.75 Å². The first kappa shape index (κ1) is 13.9. The first-order chi connectivity index (χ1) is 8.69. The first-order valence-corrected chi connectivity index (χ1v) is 7.42. The average Bonchev–Trinajstić information content (AvgIpc) is 2.40.